The largest absolute Gasteiger partial charge is 0.376 e. The van der Waals surface area contributed by atoms with Gasteiger partial charge in [-0.25, -0.2) is 9.18 Å². The number of halogens is 1. The van der Waals surface area contributed by atoms with Crippen molar-refractivity contribution in [3.63, 3.8) is 0 Å². The van der Waals surface area contributed by atoms with Crippen LogP contribution in [0.4, 0.5) is 14.9 Å². The number of hydrogen-bond donors (Lipinski definition) is 2. The molecule has 1 saturated heterocycles. The molecule has 0 unspecified atom stereocenters. The van der Waals surface area contributed by atoms with E-state index in [4.69, 9.17) is 9.47 Å². The summed E-state index contributed by atoms with van der Waals surface area (Å²) >= 11 is 0. The van der Waals surface area contributed by atoms with Crippen molar-refractivity contribution < 1.29 is 18.7 Å². The molecule has 20 heavy (non-hydrogen) atoms. The van der Waals surface area contributed by atoms with Gasteiger partial charge in [0.2, 0.25) is 0 Å². The number of amides is 2. The van der Waals surface area contributed by atoms with Crippen molar-refractivity contribution in [2.45, 2.75) is 26.0 Å². The Labute approximate surface area is 117 Å². The molecule has 2 atom stereocenters. The third-order valence-corrected chi connectivity index (χ3v) is 3.16. The van der Waals surface area contributed by atoms with Crippen LogP contribution in [-0.4, -0.2) is 38.0 Å². The van der Waals surface area contributed by atoms with Gasteiger partial charge in [0.25, 0.3) is 0 Å². The summed E-state index contributed by atoms with van der Waals surface area (Å²) in [5.74, 6) is -0.348. The molecule has 0 bridgehead atoms. The molecule has 110 valence electrons. The predicted molar refractivity (Wildman–Crippen MR) is 73.3 cm³/mol. The van der Waals surface area contributed by atoms with E-state index in [1.54, 1.807) is 19.1 Å². The summed E-state index contributed by atoms with van der Waals surface area (Å²) in [6.07, 6.45) is -0.138. The fourth-order valence-electron chi connectivity index (χ4n) is 2.05. The molecular formula is C14H19FN2O3. The average molecular weight is 282 g/mol. The maximum atomic E-state index is 13.4. The lowest BCUT2D eigenvalue weighted by molar-refractivity contribution is 0.0428. The van der Waals surface area contributed by atoms with Gasteiger partial charge in [-0.15, -0.1) is 0 Å². The van der Waals surface area contributed by atoms with Gasteiger partial charge in [-0.05, 0) is 31.5 Å². The van der Waals surface area contributed by atoms with E-state index in [0.717, 1.165) is 0 Å². The molecule has 0 spiro atoms. The van der Waals surface area contributed by atoms with E-state index >= 15 is 0 Å². The molecule has 1 aromatic carbocycles. The van der Waals surface area contributed by atoms with Gasteiger partial charge in [-0.3, -0.25) is 0 Å². The highest BCUT2D eigenvalue weighted by atomic mass is 19.1. The highest BCUT2D eigenvalue weighted by Gasteiger charge is 2.29. The van der Waals surface area contributed by atoms with Crippen LogP contribution in [0.1, 0.15) is 12.5 Å². The van der Waals surface area contributed by atoms with Crippen LogP contribution >= 0.6 is 0 Å². The number of hydrogen-bond acceptors (Lipinski definition) is 3. The first-order chi connectivity index (χ1) is 9.60. The molecule has 6 heteroatoms. The SMILES string of the molecule is CCO[C@@H]1COC[C@H]1NC(=O)Nc1ccc(C)c(F)c1. The number of anilines is 1. The summed E-state index contributed by atoms with van der Waals surface area (Å²) in [5, 5.41) is 5.37. The minimum Gasteiger partial charge on any atom is -0.376 e. The lowest BCUT2D eigenvalue weighted by atomic mass is 10.2. The molecule has 0 aromatic heterocycles. The van der Waals surface area contributed by atoms with E-state index in [1.165, 1.54) is 6.07 Å². The van der Waals surface area contributed by atoms with Gasteiger partial charge in [-0.1, -0.05) is 6.07 Å². The van der Waals surface area contributed by atoms with E-state index in [1.807, 2.05) is 6.92 Å². The van der Waals surface area contributed by atoms with Crippen LogP contribution in [0, 0.1) is 12.7 Å². The lowest BCUT2D eigenvalue weighted by Crippen LogP contribution is -2.45. The van der Waals surface area contributed by atoms with Crippen molar-refractivity contribution in [3.8, 4) is 0 Å². The number of ether oxygens (including phenoxy) is 2. The Morgan fingerprint density at radius 2 is 2.30 bits per heavy atom. The zero-order valence-electron chi connectivity index (χ0n) is 11.6. The summed E-state index contributed by atoms with van der Waals surface area (Å²) in [6.45, 7) is 5.02. The van der Waals surface area contributed by atoms with E-state index < -0.39 is 6.03 Å². The highest BCUT2D eigenvalue weighted by Crippen LogP contribution is 2.14. The van der Waals surface area contributed by atoms with E-state index in [-0.39, 0.29) is 18.0 Å². The van der Waals surface area contributed by atoms with E-state index in [9.17, 15) is 9.18 Å². The quantitative estimate of drug-likeness (QED) is 0.888. The van der Waals surface area contributed by atoms with Crippen LogP contribution in [0.15, 0.2) is 18.2 Å². The smallest absolute Gasteiger partial charge is 0.319 e. The molecular weight excluding hydrogens is 263 g/mol. The molecule has 0 aliphatic carbocycles. The molecule has 1 heterocycles. The minimum absolute atomic E-state index is 0.138. The first kappa shape index (κ1) is 14.7. The molecule has 1 aromatic rings. The molecule has 0 radical (unpaired) electrons. The Bertz CT molecular complexity index is 481. The van der Waals surface area contributed by atoms with Gasteiger partial charge in [0, 0.05) is 12.3 Å². The van der Waals surface area contributed by atoms with Gasteiger partial charge >= 0.3 is 6.03 Å². The zero-order chi connectivity index (χ0) is 14.5. The molecule has 1 aliphatic heterocycles. The third-order valence-electron chi connectivity index (χ3n) is 3.16. The second kappa shape index (κ2) is 6.67. The number of nitrogens with one attached hydrogen (secondary N) is 2. The van der Waals surface area contributed by atoms with Gasteiger partial charge in [0.05, 0.1) is 19.3 Å². The van der Waals surface area contributed by atoms with Gasteiger partial charge in [-0.2, -0.15) is 0 Å². The van der Waals surface area contributed by atoms with Gasteiger partial charge in [0.1, 0.15) is 11.9 Å². The average Bonchev–Trinajstić information content (AvgIpc) is 2.82. The molecule has 1 fully saturated rings. The van der Waals surface area contributed by atoms with Crippen LogP contribution < -0.4 is 10.6 Å². The van der Waals surface area contributed by atoms with Gasteiger partial charge < -0.3 is 20.1 Å². The Morgan fingerprint density at radius 3 is 3.00 bits per heavy atom. The van der Waals surface area contributed by atoms with Crippen LogP contribution in [0.2, 0.25) is 0 Å². The number of aryl methyl sites for hydroxylation is 1. The van der Waals surface area contributed by atoms with E-state index in [2.05, 4.69) is 10.6 Å². The highest BCUT2D eigenvalue weighted by molar-refractivity contribution is 5.89. The second-order valence-electron chi connectivity index (χ2n) is 4.70. The molecule has 5 nitrogen and oxygen atoms in total. The Balaban J connectivity index is 1.90. The van der Waals surface area contributed by atoms with Crippen molar-refractivity contribution in [3.05, 3.63) is 29.6 Å². The molecule has 2 amide bonds. The van der Waals surface area contributed by atoms with Crippen LogP contribution in [0.3, 0.4) is 0 Å². The topological polar surface area (TPSA) is 59.6 Å². The summed E-state index contributed by atoms with van der Waals surface area (Å²) in [5.41, 5.74) is 0.953. The van der Waals surface area contributed by atoms with Crippen LogP contribution in [0.5, 0.6) is 0 Å². The molecule has 2 rings (SSSR count). The number of rotatable bonds is 4. The standard InChI is InChI=1S/C14H19FN2O3/c1-3-20-13-8-19-7-12(13)17-14(18)16-10-5-4-9(2)11(15)6-10/h4-6,12-13H,3,7-8H2,1-2H3,(H2,16,17,18)/t12-,13-/m1/s1. The number of benzene rings is 1. The Hall–Kier alpha value is -1.66. The maximum Gasteiger partial charge on any atom is 0.319 e. The normalized spacial score (nSPS) is 21.8. The first-order valence-electron chi connectivity index (χ1n) is 6.63. The molecule has 2 N–H and O–H groups in total. The first-order valence-corrected chi connectivity index (χ1v) is 6.63. The summed E-state index contributed by atoms with van der Waals surface area (Å²) < 4.78 is 24.1. The predicted octanol–water partition coefficient (Wildman–Crippen LogP) is 2.06. The van der Waals surface area contributed by atoms with E-state index in [0.29, 0.717) is 31.1 Å². The molecule has 0 saturated carbocycles. The van der Waals surface area contributed by atoms with Crippen molar-refractivity contribution in [1.29, 1.82) is 0 Å². The lowest BCUT2D eigenvalue weighted by Gasteiger charge is -2.19. The van der Waals surface area contributed by atoms with Crippen molar-refractivity contribution in [2.75, 3.05) is 25.1 Å². The van der Waals surface area contributed by atoms with Crippen LogP contribution in [0.25, 0.3) is 0 Å². The van der Waals surface area contributed by atoms with Gasteiger partial charge in [0.15, 0.2) is 0 Å². The summed E-state index contributed by atoms with van der Waals surface area (Å²) in [7, 11) is 0. The Morgan fingerprint density at radius 1 is 1.50 bits per heavy atom. The number of carbonyl (C=O) groups is 1. The zero-order valence-corrected chi connectivity index (χ0v) is 11.6. The maximum absolute atomic E-state index is 13.4. The van der Waals surface area contributed by atoms with Crippen molar-refractivity contribution in [2.24, 2.45) is 0 Å². The summed E-state index contributed by atoms with van der Waals surface area (Å²) in [4.78, 5) is 11.9. The number of carbonyl (C=O) groups excluding carboxylic acids is 1. The summed E-state index contributed by atoms with van der Waals surface area (Å²) in [6, 6.07) is 3.98. The third kappa shape index (κ3) is 3.68. The monoisotopic (exact) mass is 282 g/mol. The number of urea groups is 1. The Kier molecular flexibility index (Phi) is 4.92. The van der Waals surface area contributed by atoms with Crippen molar-refractivity contribution >= 4 is 11.7 Å². The van der Waals surface area contributed by atoms with Crippen LogP contribution in [-0.2, 0) is 9.47 Å². The fourth-order valence-corrected chi connectivity index (χ4v) is 2.05. The minimum atomic E-state index is -0.395. The molecule has 1 aliphatic rings. The second-order valence-corrected chi connectivity index (χ2v) is 4.70. The fraction of sp³-hybridized carbons (Fsp3) is 0.500. The van der Waals surface area contributed by atoms with Crippen molar-refractivity contribution in [1.82, 2.24) is 5.32 Å².